The third kappa shape index (κ3) is 3.50. The zero-order valence-electron chi connectivity index (χ0n) is 12.5. The highest BCUT2D eigenvalue weighted by Crippen LogP contribution is 2.32. The average molecular weight is 383 g/mol. The number of halogens is 1. The third-order valence-corrected chi connectivity index (χ3v) is 5.28. The number of hydrogen-bond donors (Lipinski definition) is 0. The first kappa shape index (κ1) is 15.9. The van der Waals surface area contributed by atoms with Crippen molar-refractivity contribution in [3.8, 4) is 0 Å². The maximum atomic E-state index is 12.5. The van der Waals surface area contributed by atoms with E-state index in [0.29, 0.717) is 13.0 Å². The molecule has 118 valence electrons. The summed E-state index contributed by atoms with van der Waals surface area (Å²) in [6.45, 7) is 3.44. The smallest absolute Gasteiger partial charge is 0.228 e. The van der Waals surface area contributed by atoms with Crippen molar-refractivity contribution < 1.29 is 9.53 Å². The largest absolute Gasteiger partial charge is 0.376 e. The zero-order chi connectivity index (χ0) is 15.5. The highest BCUT2D eigenvalue weighted by Gasteiger charge is 2.25. The number of benzene rings is 1. The summed E-state index contributed by atoms with van der Waals surface area (Å²) in [6.07, 6.45) is 3.63. The fourth-order valence-electron chi connectivity index (χ4n) is 2.63. The van der Waals surface area contributed by atoms with Crippen molar-refractivity contribution in [2.24, 2.45) is 0 Å². The highest BCUT2D eigenvalue weighted by molar-refractivity contribution is 9.10. The van der Waals surface area contributed by atoms with Crippen LogP contribution in [0.25, 0.3) is 10.2 Å². The van der Waals surface area contributed by atoms with Gasteiger partial charge in [0.15, 0.2) is 5.13 Å². The lowest BCUT2D eigenvalue weighted by Crippen LogP contribution is -2.37. The molecule has 1 aliphatic heterocycles. The molecule has 6 heteroatoms. The molecule has 1 aliphatic rings. The van der Waals surface area contributed by atoms with Crippen molar-refractivity contribution in [1.82, 2.24) is 4.98 Å². The Balaban J connectivity index is 1.89. The van der Waals surface area contributed by atoms with E-state index in [0.717, 1.165) is 45.7 Å². The fourth-order valence-corrected chi connectivity index (χ4v) is 4.17. The first-order valence-corrected chi connectivity index (χ1v) is 9.26. The number of hydrogen-bond acceptors (Lipinski definition) is 4. The van der Waals surface area contributed by atoms with Crippen LogP contribution in [-0.4, -0.2) is 30.1 Å². The summed E-state index contributed by atoms with van der Waals surface area (Å²) in [4.78, 5) is 19.0. The molecule has 0 N–H and O–H groups in total. The molecule has 1 amide bonds. The molecule has 2 heterocycles. The van der Waals surface area contributed by atoms with E-state index in [-0.39, 0.29) is 12.0 Å². The minimum absolute atomic E-state index is 0.135. The van der Waals surface area contributed by atoms with Gasteiger partial charge >= 0.3 is 0 Å². The molecular weight excluding hydrogens is 364 g/mol. The van der Waals surface area contributed by atoms with E-state index < -0.39 is 0 Å². The van der Waals surface area contributed by atoms with Gasteiger partial charge in [0.25, 0.3) is 0 Å². The number of ether oxygens (including phenoxy) is 1. The Labute approximate surface area is 142 Å². The number of amides is 1. The van der Waals surface area contributed by atoms with Crippen molar-refractivity contribution in [3.63, 3.8) is 0 Å². The van der Waals surface area contributed by atoms with Crippen LogP contribution in [0, 0.1) is 0 Å². The SMILES string of the molecule is CCCC(=O)N(CC1CCCO1)c1nc2ccc(Br)cc2s1. The Hall–Kier alpha value is -0.980. The monoisotopic (exact) mass is 382 g/mol. The van der Waals surface area contributed by atoms with Gasteiger partial charge in [0.2, 0.25) is 5.91 Å². The van der Waals surface area contributed by atoms with Crippen LogP contribution in [0.3, 0.4) is 0 Å². The molecule has 0 bridgehead atoms. The quantitative estimate of drug-likeness (QED) is 0.770. The first-order chi connectivity index (χ1) is 10.7. The summed E-state index contributed by atoms with van der Waals surface area (Å²) < 4.78 is 7.82. The van der Waals surface area contributed by atoms with Crippen molar-refractivity contribution in [1.29, 1.82) is 0 Å². The summed E-state index contributed by atoms with van der Waals surface area (Å²) in [5.41, 5.74) is 0.935. The molecule has 0 radical (unpaired) electrons. The maximum Gasteiger partial charge on any atom is 0.228 e. The summed E-state index contributed by atoms with van der Waals surface area (Å²) in [5.74, 6) is 0.135. The lowest BCUT2D eigenvalue weighted by atomic mass is 10.2. The number of fused-ring (bicyclic) bond motifs is 1. The van der Waals surface area contributed by atoms with Crippen molar-refractivity contribution in [2.45, 2.75) is 38.7 Å². The van der Waals surface area contributed by atoms with E-state index in [9.17, 15) is 4.79 Å². The van der Waals surface area contributed by atoms with Crippen LogP contribution in [-0.2, 0) is 9.53 Å². The highest BCUT2D eigenvalue weighted by atomic mass is 79.9. The summed E-state index contributed by atoms with van der Waals surface area (Å²) >= 11 is 5.05. The Kier molecular flexibility index (Phi) is 5.10. The molecule has 1 saturated heterocycles. The molecule has 22 heavy (non-hydrogen) atoms. The van der Waals surface area contributed by atoms with Crippen molar-refractivity contribution in [2.75, 3.05) is 18.1 Å². The lowest BCUT2D eigenvalue weighted by Gasteiger charge is -2.22. The number of aromatic nitrogens is 1. The van der Waals surface area contributed by atoms with Crippen LogP contribution >= 0.6 is 27.3 Å². The van der Waals surface area contributed by atoms with Crippen LogP contribution in [0.5, 0.6) is 0 Å². The van der Waals surface area contributed by atoms with Gasteiger partial charge in [0.05, 0.1) is 22.9 Å². The molecule has 1 atom stereocenters. The van der Waals surface area contributed by atoms with Gasteiger partial charge in [-0.2, -0.15) is 0 Å². The molecule has 2 aromatic rings. The number of thiazole rings is 1. The Morgan fingerprint density at radius 1 is 1.55 bits per heavy atom. The van der Waals surface area contributed by atoms with Gasteiger partial charge in [-0.15, -0.1) is 0 Å². The van der Waals surface area contributed by atoms with Gasteiger partial charge in [-0.05, 0) is 37.5 Å². The zero-order valence-corrected chi connectivity index (χ0v) is 15.0. The molecule has 0 aliphatic carbocycles. The van der Waals surface area contributed by atoms with Gasteiger partial charge in [-0.1, -0.05) is 34.2 Å². The fraction of sp³-hybridized carbons (Fsp3) is 0.500. The van der Waals surface area contributed by atoms with E-state index in [2.05, 4.69) is 20.9 Å². The number of carbonyl (C=O) groups excluding carboxylic acids is 1. The Morgan fingerprint density at radius 3 is 3.14 bits per heavy atom. The summed E-state index contributed by atoms with van der Waals surface area (Å²) in [7, 11) is 0. The van der Waals surface area contributed by atoms with Crippen molar-refractivity contribution >= 4 is 48.5 Å². The van der Waals surface area contributed by atoms with Gasteiger partial charge in [-0.25, -0.2) is 4.98 Å². The number of nitrogens with zero attached hydrogens (tertiary/aromatic N) is 2. The van der Waals surface area contributed by atoms with Gasteiger partial charge < -0.3 is 4.74 Å². The molecule has 0 saturated carbocycles. The van der Waals surface area contributed by atoms with Crippen molar-refractivity contribution in [3.05, 3.63) is 22.7 Å². The second-order valence-corrected chi connectivity index (χ2v) is 7.42. The summed E-state index contributed by atoms with van der Waals surface area (Å²) in [6, 6.07) is 6.00. The van der Waals surface area contributed by atoms with E-state index in [1.54, 1.807) is 11.3 Å². The predicted molar refractivity (Wildman–Crippen MR) is 93.6 cm³/mol. The molecule has 4 nitrogen and oxygen atoms in total. The van der Waals surface area contributed by atoms with Gasteiger partial charge in [0, 0.05) is 17.5 Å². The molecule has 1 aromatic heterocycles. The third-order valence-electron chi connectivity index (χ3n) is 3.75. The van der Waals surface area contributed by atoms with Crippen LogP contribution in [0.4, 0.5) is 5.13 Å². The predicted octanol–water partition coefficient (Wildman–Crippen LogP) is 4.37. The first-order valence-electron chi connectivity index (χ1n) is 7.65. The number of rotatable bonds is 5. The Morgan fingerprint density at radius 2 is 2.41 bits per heavy atom. The minimum atomic E-state index is 0.135. The second-order valence-electron chi connectivity index (χ2n) is 5.50. The molecule has 1 unspecified atom stereocenters. The summed E-state index contributed by atoms with van der Waals surface area (Å²) in [5, 5.41) is 0.780. The molecule has 1 aromatic carbocycles. The molecule has 3 rings (SSSR count). The molecule has 0 spiro atoms. The minimum Gasteiger partial charge on any atom is -0.376 e. The van der Waals surface area contributed by atoms with E-state index in [1.165, 1.54) is 0 Å². The lowest BCUT2D eigenvalue weighted by molar-refractivity contribution is -0.119. The Bertz CT molecular complexity index is 667. The number of carbonyl (C=O) groups is 1. The van der Waals surface area contributed by atoms with Crippen LogP contribution in [0.1, 0.15) is 32.6 Å². The maximum absolute atomic E-state index is 12.5. The van der Waals surface area contributed by atoms with E-state index in [4.69, 9.17) is 4.74 Å². The van der Waals surface area contributed by atoms with E-state index in [1.807, 2.05) is 30.0 Å². The normalized spacial score (nSPS) is 18.0. The van der Waals surface area contributed by atoms with Crippen LogP contribution in [0.15, 0.2) is 22.7 Å². The molecule has 1 fully saturated rings. The standard InChI is InChI=1S/C16H19BrN2O2S/c1-2-4-15(20)19(10-12-5-3-8-21-12)16-18-13-7-6-11(17)9-14(13)22-16/h6-7,9,12H,2-5,8,10H2,1H3. The van der Waals surface area contributed by atoms with E-state index >= 15 is 0 Å². The molecular formula is C16H19BrN2O2S. The van der Waals surface area contributed by atoms with Gasteiger partial charge in [0.1, 0.15) is 0 Å². The second kappa shape index (κ2) is 7.06. The topological polar surface area (TPSA) is 42.4 Å². The van der Waals surface area contributed by atoms with Crippen LogP contribution in [0.2, 0.25) is 0 Å². The van der Waals surface area contributed by atoms with Crippen LogP contribution < -0.4 is 4.90 Å². The average Bonchev–Trinajstić information content (AvgIpc) is 3.13. The number of anilines is 1. The van der Waals surface area contributed by atoms with Gasteiger partial charge in [-0.3, -0.25) is 9.69 Å².